The van der Waals surface area contributed by atoms with E-state index in [-0.39, 0.29) is 0 Å². The number of nitrogens with one attached hydrogen (secondary N) is 2. The molecule has 1 atom stereocenters. The molecular formula is C17H30N4. The van der Waals surface area contributed by atoms with Gasteiger partial charge in [0.1, 0.15) is 17.5 Å². The maximum absolute atomic E-state index is 4.72. The number of nitrogens with zero attached hydrogens (tertiary/aromatic N) is 2. The third-order valence-corrected chi connectivity index (χ3v) is 4.73. The topological polar surface area (TPSA) is 49.8 Å². The fourth-order valence-corrected chi connectivity index (χ4v) is 3.37. The van der Waals surface area contributed by atoms with Crippen LogP contribution in [-0.2, 0) is 6.42 Å². The standard InChI is InChI=1S/C17H30N4/c1-5-14(13-10-8-7-9-11-13)19-17-12(3)16(18-4)20-15(6-2)21-17/h13-14H,5-11H2,1-4H3,(H2,18,19,20,21). The highest BCUT2D eigenvalue weighted by Crippen LogP contribution is 2.30. The summed E-state index contributed by atoms with van der Waals surface area (Å²) < 4.78 is 0. The summed E-state index contributed by atoms with van der Waals surface area (Å²) in [5.74, 6) is 3.67. The van der Waals surface area contributed by atoms with Gasteiger partial charge in [-0.1, -0.05) is 33.1 Å². The van der Waals surface area contributed by atoms with Crippen molar-refractivity contribution in [2.24, 2.45) is 5.92 Å². The first kappa shape index (κ1) is 16.1. The molecule has 0 radical (unpaired) electrons. The molecule has 2 N–H and O–H groups in total. The fraction of sp³-hybridized carbons (Fsp3) is 0.765. The van der Waals surface area contributed by atoms with E-state index in [1.165, 1.54) is 32.1 Å². The number of aryl methyl sites for hydroxylation is 1. The summed E-state index contributed by atoms with van der Waals surface area (Å²) in [5.41, 5.74) is 1.13. The van der Waals surface area contributed by atoms with Crippen LogP contribution in [0.4, 0.5) is 11.6 Å². The largest absolute Gasteiger partial charge is 0.373 e. The molecule has 1 unspecified atom stereocenters. The van der Waals surface area contributed by atoms with Gasteiger partial charge < -0.3 is 10.6 Å². The molecule has 0 bridgehead atoms. The van der Waals surface area contributed by atoms with Gasteiger partial charge in [0.15, 0.2) is 0 Å². The zero-order valence-electron chi connectivity index (χ0n) is 14.0. The predicted octanol–water partition coefficient (Wildman–Crippen LogP) is 4.16. The van der Waals surface area contributed by atoms with Crippen molar-refractivity contribution >= 4 is 11.6 Å². The van der Waals surface area contributed by atoms with Crippen molar-refractivity contribution in [1.82, 2.24) is 9.97 Å². The molecule has 0 amide bonds. The lowest BCUT2D eigenvalue weighted by Crippen LogP contribution is -2.31. The first-order chi connectivity index (χ1) is 10.2. The Hall–Kier alpha value is -1.32. The van der Waals surface area contributed by atoms with E-state index in [9.17, 15) is 0 Å². The zero-order chi connectivity index (χ0) is 15.2. The van der Waals surface area contributed by atoms with E-state index >= 15 is 0 Å². The first-order valence-electron chi connectivity index (χ1n) is 8.51. The van der Waals surface area contributed by atoms with Crippen LogP contribution in [0.3, 0.4) is 0 Å². The molecule has 0 saturated heterocycles. The fourth-order valence-electron chi connectivity index (χ4n) is 3.37. The van der Waals surface area contributed by atoms with Gasteiger partial charge in [-0.15, -0.1) is 0 Å². The zero-order valence-corrected chi connectivity index (χ0v) is 14.0. The summed E-state index contributed by atoms with van der Waals surface area (Å²) in [4.78, 5) is 9.27. The normalized spacial score (nSPS) is 17.5. The summed E-state index contributed by atoms with van der Waals surface area (Å²) in [6, 6.07) is 0.535. The van der Waals surface area contributed by atoms with Gasteiger partial charge in [0.2, 0.25) is 0 Å². The van der Waals surface area contributed by atoms with Crippen LogP contribution in [0.2, 0.25) is 0 Å². The molecule has 1 aliphatic rings. The van der Waals surface area contributed by atoms with E-state index in [1.54, 1.807) is 0 Å². The Bertz CT molecular complexity index is 452. The molecule has 4 nitrogen and oxygen atoms in total. The van der Waals surface area contributed by atoms with E-state index in [4.69, 9.17) is 4.98 Å². The SMILES string of the molecule is CCc1nc(NC)c(C)c(NC(CC)C2CCCCC2)n1. The Morgan fingerprint density at radius 1 is 1.10 bits per heavy atom. The van der Waals surface area contributed by atoms with Crippen molar-refractivity contribution in [2.45, 2.75) is 71.8 Å². The van der Waals surface area contributed by atoms with E-state index in [1.807, 2.05) is 7.05 Å². The molecule has 0 aromatic carbocycles. The van der Waals surface area contributed by atoms with Crippen molar-refractivity contribution in [1.29, 1.82) is 0 Å². The second-order valence-electron chi connectivity index (χ2n) is 6.12. The Labute approximate surface area is 129 Å². The Morgan fingerprint density at radius 2 is 1.76 bits per heavy atom. The minimum atomic E-state index is 0.535. The number of hydrogen-bond acceptors (Lipinski definition) is 4. The molecule has 1 fully saturated rings. The molecule has 1 aliphatic carbocycles. The van der Waals surface area contributed by atoms with Crippen LogP contribution in [0.1, 0.15) is 63.8 Å². The molecule has 2 rings (SSSR count). The van der Waals surface area contributed by atoms with Gasteiger partial charge in [-0.25, -0.2) is 9.97 Å². The molecule has 0 aliphatic heterocycles. The van der Waals surface area contributed by atoms with E-state index in [2.05, 4.69) is 36.4 Å². The van der Waals surface area contributed by atoms with Crippen molar-refractivity contribution in [3.05, 3.63) is 11.4 Å². The summed E-state index contributed by atoms with van der Waals surface area (Å²) in [7, 11) is 1.93. The highest BCUT2D eigenvalue weighted by atomic mass is 15.1. The average Bonchev–Trinajstić information content (AvgIpc) is 2.54. The quantitative estimate of drug-likeness (QED) is 0.826. The average molecular weight is 290 g/mol. The van der Waals surface area contributed by atoms with E-state index in [0.717, 1.165) is 41.8 Å². The maximum atomic E-state index is 4.72. The molecule has 118 valence electrons. The molecule has 1 saturated carbocycles. The minimum Gasteiger partial charge on any atom is -0.373 e. The van der Waals surface area contributed by atoms with Gasteiger partial charge in [0, 0.05) is 25.1 Å². The minimum absolute atomic E-state index is 0.535. The van der Waals surface area contributed by atoms with Gasteiger partial charge in [-0.3, -0.25) is 0 Å². The first-order valence-corrected chi connectivity index (χ1v) is 8.51. The van der Waals surface area contributed by atoms with E-state index < -0.39 is 0 Å². The molecule has 0 spiro atoms. The summed E-state index contributed by atoms with van der Waals surface area (Å²) in [5, 5.41) is 6.92. The highest BCUT2D eigenvalue weighted by molar-refractivity contribution is 5.57. The lowest BCUT2D eigenvalue weighted by molar-refractivity contribution is 0.312. The summed E-state index contributed by atoms with van der Waals surface area (Å²) in [6.45, 7) is 6.48. The monoisotopic (exact) mass is 290 g/mol. The molecule has 4 heteroatoms. The third kappa shape index (κ3) is 3.86. The van der Waals surface area contributed by atoms with Crippen LogP contribution in [0.5, 0.6) is 0 Å². The van der Waals surface area contributed by atoms with Crippen LogP contribution >= 0.6 is 0 Å². The number of hydrogen-bond donors (Lipinski definition) is 2. The number of anilines is 2. The third-order valence-electron chi connectivity index (χ3n) is 4.73. The van der Waals surface area contributed by atoms with Crippen molar-refractivity contribution < 1.29 is 0 Å². The Kier molecular flexibility index (Phi) is 5.83. The van der Waals surface area contributed by atoms with Crippen molar-refractivity contribution in [3.63, 3.8) is 0 Å². The Balaban J connectivity index is 2.19. The van der Waals surface area contributed by atoms with Gasteiger partial charge in [-0.05, 0) is 32.1 Å². The number of rotatable bonds is 6. The van der Waals surface area contributed by atoms with Crippen LogP contribution in [0.15, 0.2) is 0 Å². The van der Waals surface area contributed by atoms with Gasteiger partial charge in [-0.2, -0.15) is 0 Å². The molecular weight excluding hydrogens is 260 g/mol. The van der Waals surface area contributed by atoms with Crippen LogP contribution in [0.25, 0.3) is 0 Å². The second kappa shape index (κ2) is 7.62. The highest BCUT2D eigenvalue weighted by Gasteiger charge is 2.23. The van der Waals surface area contributed by atoms with E-state index in [0.29, 0.717) is 6.04 Å². The van der Waals surface area contributed by atoms with Gasteiger partial charge >= 0.3 is 0 Å². The van der Waals surface area contributed by atoms with Gasteiger partial charge in [0.25, 0.3) is 0 Å². The maximum Gasteiger partial charge on any atom is 0.135 e. The van der Waals surface area contributed by atoms with Crippen LogP contribution in [0, 0.1) is 12.8 Å². The molecule has 1 aromatic heterocycles. The van der Waals surface area contributed by atoms with Crippen LogP contribution < -0.4 is 10.6 Å². The lowest BCUT2D eigenvalue weighted by Gasteiger charge is -2.31. The van der Waals surface area contributed by atoms with Crippen molar-refractivity contribution in [2.75, 3.05) is 17.7 Å². The summed E-state index contributed by atoms with van der Waals surface area (Å²) >= 11 is 0. The smallest absolute Gasteiger partial charge is 0.135 e. The van der Waals surface area contributed by atoms with Crippen LogP contribution in [-0.4, -0.2) is 23.1 Å². The number of aromatic nitrogens is 2. The van der Waals surface area contributed by atoms with Crippen molar-refractivity contribution in [3.8, 4) is 0 Å². The van der Waals surface area contributed by atoms with Gasteiger partial charge in [0.05, 0.1) is 0 Å². The summed E-state index contributed by atoms with van der Waals surface area (Å²) in [6.07, 6.45) is 8.91. The molecule has 21 heavy (non-hydrogen) atoms. The molecule has 1 heterocycles. The predicted molar refractivity (Wildman–Crippen MR) is 90.0 cm³/mol. The lowest BCUT2D eigenvalue weighted by atomic mass is 9.83. The molecule has 1 aromatic rings. The second-order valence-corrected chi connectivity index (χ2v) is 6.12. The Morgan fingerprint density at radius 3 is 2.33 bits per heavy atom.